The van der Waals surface area contributed by atoms with E-state index in [-0.39, 0.29) is 23.8 Å². The molecule has 176 valence electrons. The van der Waals surface area contributed by atoms with Crippen LogP contribution in [0, 0.1) is 5.21 Å². The van der Waals surface area contributed by atoms with E-state index in [0.29, 0.717) is 0 Å². The van der Waals surface area contributed by atoms with E-state index in [1.165, 1.54) is 10.4 Å². The van der Waals surface area contributed by atoms with Crippen molar-refractivity contribution in [1.82, 2.24) is 0 Å². The van der Waals surface area contributed by atoms with E-state index in [9.17, 15) is 5.21 Å². The first-order valence-corrected chi connectivity index (χ1v) is 13.7. The van der Waals surface area contributed by atoms with E-state index >= 15 is 0 Å². The number of benzene rings is 3. The van der Waals surface area contributed by atoms with Crippen LogP contribution >= 0.6 is 0 Å². The fourth-order valence-electron chi connectivity index (χ4n) is 5.18. The quantitative estimate of drug-likeness (QED) is 0.319. The molecule has 2 aliphatic rings. The van der Waals surface area contributed by atoms with E-state index in [0.717, 1.165) is 10.3 Å². The SMILES string of the molecule is CC(C)(C)[Si](O[C@@H]1C=[N+]([O-])C[C@H]2O[C@H](c3ccccc3)O[C@@H]12)(c1ccccc1)c1ccccc1. The average molecular weight is 474 g/mol. The molecule has 1 fully saturated rings. The van der Waals surface area contributed by atoms with Crippen molar-refractivity contribution >= 4 is 24.9 Å². The van der Waals surface area contributed by atoms with Crippen LogP contribution in [-0.4, -0.2) is 44.1 Å². The Morgan fingerprint density at radius 1 is 0.824 bits per heavy atom. The Labute approximate surface area is 202 Å². The van der Waals surface area contributed by atoms with Crippen molar-refractivity contribution in [3.8, 4) is 0 Å². The molecule has 4 atom stereocenters. The van der Waals surface area contributed by atoms with Gasteiger partial charge < -0.3 is 19.1 Å². The van der Waals surface area contributed by atoms with E-state index < -0.39 is 20.7 Å². The standard InChI is InChI=1S/C28H31NO4Si/c1-28(2,3)34(22-15-9-5-10-16-22,23-17-11-6-12-18-23)33-25-20-29(30)19-24-26(25)32-27(31-24)21-13-7-4-8-14-21/h4-18,20,24-27H,19H2,1-3H3/t24-,25-,26-,27+/m1/s1. The van der Waals surface area contributed by atoms with Gasteiger partial charge in [-0.05, 0) is 15.4 Å². The first-order valence-electron chi connectivity index (χ1n) is 11.8. The van der Waals surface area contributed by atoms with Crippen LogP contribution in [0.15, 0.2) is 91.0 Å². The minimum absolute atomic E-state index is 0.206. The van der Waals surface area contributed by atoms with Crippen LogP contribution in [-0.2, 0) is 13.9 Å². The molecule has 0 spiro atoms. The molecule has 0 saturated carbocycles. The van der Waals surface area contributed by atoms with Crippen molar-refractivity contribution in [2.45, 2.75) is 50.4 Å². The Morgan fingerprint density at radius 3 is 1.88 bits per heavy atom. The number of hydrogen-bond donors (Lipinski definition) is 0. The molecule has 5 nitrogen and oxygen atoms in total. The highest BCUT2D eigenvalue weighted by Crippen LogP contribution is 2.40. The number of fused-ring (bicyclic) bond motifs is 1. The Morgan fingerprint density at radius 2 is 1.35 bits per heavy atom. The third-order valence-electron chi connectivity index (χ3n) is 6.74. The number of hydroxylamine groups is 1. The number of ether oxygens (including phenoxy) is 2. The van der Waals surface area contributed by atoms with Crippen molar-refractivity contribution in [2.24, 2.45) is 0 Å². The highest BCUT2D eigenvalue weighted by Gasteiger charge is 2.56. The zero-order valence-electron chi connectivity index (χ0n) is 19.8. The minimum atomic E-state index is -2.86. The van der Waals surface area contributed by atoms with Crippen molar-refractivity contribution < 1.29 is 18.6 Å². The monoisotopic (exact) mass is 473 g/mol. The molecule has 1 saturated heterocycles. The number of hydrogen-bond acceptors (Lipinski definition) is 4. The van der Waals surface area contributed by atoms with Gasteiger partial charge in [0.25, 0.3) is 8.32 Å². The predicted octanol–water partition coefficient (Wildman–Crippen LogP) is 4.01. The van der Waals surface area contributed by atoms with Crippen molar-refractivity contribution in [3.05, 3.63) is 102 Å². The average Bonchev–Trinajstić information content (AvgIpc) is 3.27. The summed E-state index contributed by atoms with van der Waals surface area (Å²) in [5, 5.41) is 14.9. The number of nitrogens with zero attached hydrogens (tertiary/aromatic N) is 1. The van der Waals surface area contributed by atoms with Gasteiger partial charge >= 0.3 is 0 Å². The first kappa shape index (κ1) is 23.0. The van der Waals surface area contributed by atoms with Gasteiger partial charge in [0.2, 0.25) is 0 Å². The predicted molar refractivity (Wildman–Crippen MR) is 136 cm³/mol. The molecule has 3 aromatic carbocycles. The van der Waals surface area contributed by atoms with Crippen LogP contribution in [0.2, 0.25) is 5.04 Å². The van der Waals surface area contributed by atoms with E-state index in [1.807, 2.05) is 42.5 Å². The lowest BCUT2D eigenvalue weighted by Gasteiger charge is -2.45. The van der Waals surface area contributed by atoms with Gasteiger partial charge in [-0.3, -0.25) is 0 Å². The molecular weight excluding hydrogens is 442 g/mol. The molecule has 0 N–H and O–H groups in total. The van der Waals surface area contributed by atoms with Gasteiger partial charge in [0, 0.05) is 5.56 Å². The Balaban J connectivity index is 1.57. The van der Waals surface area contributed by atoms with E-state index in [1.54, 1.807) is 6.21 Å². The minimum Gasteiger partial charge on any atom is -0.624 e. The number of rotatable bonds is 5. The molecule has 2 aliphatic heterocycles. The van der Waals surface area contributed by atoms with Crippen LogP contribution < -0.4 is 10.4 Å². The van der Waals surface area contributed by atoms with Crippen LogP contribution in [0.25, 0.3) is 0 Å². The van der Waals surface area contributed by atoms with Gasteiger partial charge in [-0.25, -0.2) is 4.74 Å². The van der Waals surface area contributed by atoms with E-state index in [2.05, 4.69) is 69.3 Å². The van der Waals surface area contributed by atoms with Crippen LogP contribution in [0.3, 0.4) is 0 Å². The summed E-state index contributed by atoms with van der Waals surface area (Å²) in [6, 6.07) is 30.8. The van der Waals surface area contributed by atoms with Crippen LogP contribution in [0.4, 0.5) is 0 Å². The summed E-state index contributed by atoms with van der Waals surface area (Å²) in [7, 11) is -2.86. The zero-order valence-corrected chi connectivity index (χ0v) is 20.8. The lowest BCUT2D eigenvalue weighted by molar-refractivity contribution is -0.474. The largest absolute Gasteiger partial charge is 0.624 e. The topological polar surface area (TPSA) is 53.8 Å². The zero-order chi connectivity index (χ0) is 23.8. The van der Waals surface area contributed by atoms with Crippen LogP contribution in [0.1, 0.15) is 32.6 Å². The maximum atomic E-state index is 12.7. The Hall–Kier alpha value is -2.77. The summed E-state index contributed by atoms with van der Waals surface area (Å²) in [6.07, 6.45) is -0.136. The van der Waals surface area contributed by atoms with E-state index in [4.69, 9.17) is 13.9 Å². The third-order valence-corrected chi connectivity index (χ3v) is 11.8. The van der Waals surface area contributed by atoms with Crippen LogP contribution in [0.5, 0.6) is 0 Å². The fraction of sp³-hybridized carbons (Fsp3) is 0.321. The van der Waals surface area contributed by atoms with Gasteiger partial charge in [-0.2, -0.15) is 0 Å². The molecular formula is C28H31NO4Si. The molecule has 34 heavy (non-hydrogen) atoms. The van der Waals surface area contributed by atoms with Crippen molar-refractivity contribution in [1.29, 1.82) is 0 Å². The summed E-state index contributed by atoms with van der Waals surface area (Å²) in [5.41, 5.74) is 0.943. The Kier molecular flexibility index (Phi) is 6.16. The molecule has 0 amide bonds. The molecule has 6 heteroatoms. The second-order valence-electron chi connectivity index (χ2n) is 10.0. The molecule has 0 unspecified atom stereocenters. The van der Waals surface area contributed by atoms with Gasteiger partial charge in [0.05, 0.1) is 0 Å². The molecule has 5 rings (SSSR count). The van der Waals surface area contributed by atoms with Gasteiger partial charge in [0.15, 0.2) is 25.2 Å². The maximum absolute atomic E-state index is 12.7. The molecule has 0 radical (unpaired) electrons. The smallest absolute Gasteiger partial charge is 0.262 e. The second kappa shape index (κ2) is 9.11. The molecule has 0 aliphatic carbocycles. The lowest BCUT2D eigenvalue weighted by atomic mass is 10.1. The Bertz CT molecular complexity index is 1090. The first-order chi connectivity index (χ1) is 16.4. The van der Waals surface area contributed by atoms with Gasteiger partial charge in [-0.1, -0.05) is 112 Å². The summed E-state index contributed by atoms with van der Waals surface area (Å²) < 4.78 is 20.8. The highest BCUT2D eigenvalue weighted by atomic mass is 28.4. The molecule has 0 aromatic heterocycles. The molecule has 2 heterocycles. The molecule has 0 bridgehead atoms. The molecule has 3 aromatic rings. The van der Waals surface area contributed by atoms with Gasteiger partial charge in [-0.15, -0.1) is 0 Å². The van der Waals surface area contributed by atoms with Gasteiger partial charge in [0.1, 0.15) is 12.2 Å². The highest BCUT2D eigenvalue weighted by molar-refractivity contribution is 6.99. The maximum Gasteiger partial charge on any atom is 0.262 e. The van der Waals surface area contributed by atoms with Crippen molar-refractivity contribution in [2.75, 3.05) is 6.54 Å². The summed E-state index contributed by atoms with van der Waals surface area (Å²) in [6.45, 7) is 6.92. The lowest BCUT2D eigenvalue weighted by Crippen LogP contribution is -2.69. The summed E-state index contributed by atoms with van der Waals surface area (Å²) in [4.78, 5) is 0. The summed E-state index contributed by atoms with van der Waals surface area (Å²) in [5.74, 6) is 0. The second-order valence-corrected chi connectivity index (χ2v) is 14.3. The normalized spacial score (nSPS) is 25.0. The fourth-order valence-corrected chi connectivity index (χ4v) is 9.80. The third kappa shape index (κ3) is 4.11. The van der Waals surface area contributed by atoms with Crippen molar-refractivity contribution in [3.63, 3.8) is 0 Å². The summed E-state index contributed by atoms with van der Waals surface area (Å²) >= 11 is 0.